The first-order valence-electron chi connectivity index (χ1n) is 5.86. The molecule has 1 saturated heterocycles. The highest BCUT2D eigenvalue weighted by Gasteiger charge is 2.27. The third-order valence-corrected chi connectivity index (χ3v) is 3.84. The molecule has 0 spiro atoms. The number of carboxylic acid groups (broad SMARTS) is 1. The third kappa shape index (κ3) is 3.52. The standard InChI is InChI=1S/C14H15NO2S/c16-14(17)13-11-18-10-9-15(13)8-4-7-12-5-2-1-3-6-12/h1-3,5-6,13H,8-11H2,(H,16,17). The average molecular weight is 261 g/mol. The summed E-state index contributed by atoms with van der Waals surface area (Å²) in [6.45, 7) is 1.32. The van der Waals surface area contributed by atoms with E-state index >= 15 is 0 Å². The lowest BCUT2D eigenvalue weighted by molar-refractivity contribution is -0.142. The van der Waals surface area contributed by atoms with Crippen molar-refractivity contribution >= 4 is 17.7 Å². The zero-order chi connectivity index (χ0) is 12.8. The van der Waals surface area contributed by atoms with Crippen LogP contribution in [-0.4, -0.2) is 46.6 Å². The second-order valence-corrected chi connectivity index (χ2v) is 5.22. The van der Waals surface area contributed by atoms with Gasteiger partial charge in [0.2, 0.25) is 0 Å². The summed E-state index contributed by atoms with van der Waals surface area (Å²) in [5.74, 6) is 7.01. The van der Waals surface area contributed by atoms with Crippen LogP contribution in [0.4, 0.5) is 0 Å². The molecule has 1 aromatic rings. The van der Waals surface area contributed by atoms with Crippen LogP contribution in [0.25, 0.3) is 0 Å². The van der Waals surface area contributed by atoms with Gasteiger partial charge in [0.1, 0.15) is 6.04 Å². The number of benzene rings is 1. The molecular weight excluding hydrogens is 246 g/mol. The van der Waals surface area contributed by atoms with Crippen LogP contribution in [0.3, 0.4) is 0 Å². The summed E-state index contributed by atoms with van der Waals surface area (Å²) >= 11 is 1.69. The summed E-state index contributed by atoms with van der Waals surface area (Å²) in [5.41, 5.74) is 0.968. The number of hydrogen-bond donors (Lipinski definition) is 1. The topological polar surface area (TPSA) is 40.5 Å². The Hall–Kier alpha value is -1.44. The molecule has 1 aliphatic rings. The monoisotopic (exact) mass is 261 g/mol. The van der Waals surface area contributed by atoms with Gasteiger partial charge in [-0.3, -0.25) is 9.69 Å². The van der Waals surface area contributed by atoms with Crippen molar-refractivity contribution in [2.45, 2.75) is 6.04 Å². The molecule has 1 N–H and O–H groups in total. The van der Waals surface area contributed by atoms with Crippen LogP contribution in [0.1, 0.15) is 5.56 Å². The van der Waals surface area contributed by atoms with Gasteiger partial charge in [-0.25, -0.2) is 0 Å². The second-order valence-electron chi connectivity index (χ2n) is 4.07. The minimum absolute atomic E-state index is 0.395. The molecule has 1 unspecified atom stereocenters. The van der Waals surface area contributed by atoms with E-state index in [0.717, 1.165) is 17.9 Å². The van der Waals surface area contributed by atoms with Gasteiger partial charge in [0.05, 0.1) is 6.54 Å². The molecule has 1 fully saturated rings. The molecule has 0 aliphatic carbocycles. The van der Waals surface area contributed by atoms with E-state index in [1.54, 1.807) is 11.8 Å². The Labute approximate surface area is 111 Å². The summed E-state index contributed by atoms with van der Waals surface area (Å²) < 4.78 is 0. The highest BCUT2D eigenvalue weighted by atomic mass is 32.2. The molecule has 0 radical (unpaired) electrons. The van der Waals surface area contributed by atoms with Crippen LogP contribution in [0.2, 0.25) is 0 Å². The van der Waals surface area contributed by atoms with Crippen LogP contribution in [-0.2, 0) is 4.79 Å². The van der Waals surface area contributed by atoms with Crippen LogP contribution in [0, 0.1) is 11.8 Å². The van der Waals surface area contributed by atoms with Gasteiger partial charge >= 0.3 is 5.97 Å². The van der Waals surface area contributed by atoms with Gasteiger partial charge in [0.15, 0.2) is 0 Å². The van der Waals surface area contributed by atoms with E-state index < -0.39 is 12.0 Å². The fourth-order valence-electron chi connectivity index (χ4n) is 1.82. The summed E-state index contributed by atoms with van der Waals surface area (Å²) in [5, 5.41) is 9.12. The van der Waals surface area contributed by atoms with Crippen molar-refractivity contribution in [3.05, 3.63) is 35.9 Å². The number of hydrogen-bond acceptors (Lipinski definition) is 3. The maximum absolute atomic E-state index is 11.1. The quantitative estimate of drug-likeness (QED) is 0.820. The van der Waals surface area contributed by atoms with Gasteiger partial charge in [-0.1, -0.05) is 30.0 Å². The molecule has 4 heteroatoms. The van der Waals surface area contributed by atoms with Crippen molar-refractivity contribution in [1.82, 2.24) is 4.90 Å². The minimum atomic E-state index is -0.747. The van der Waals surface area contributed by atoms with E-state index in [1.807, 2.05) is 35.2 Å². The molecular formula is C14H15NO2S. The maximum atomic E-state index is 11.1. The highest BCUT2D eigenvalue weighted by Crippen LogP contribution is 2.15. The van der Waals surface area contributed by atoms with Crippen LogP contribution in [0.5, 0.6) is 0 Å². The van der Waals surface area contributed by atoms with Gasteiger partial charge in [0.25, 0.3) is 0 Å². The molecule has 1 aromatic carbocycles. The van der Waals surface area contributed by atoms with E-state index in [-0.39, 0.29) is 0 Å². The number of nitrogens with zero attached hydrogens (tertiary/aromatic N) is 1. The van der Waals surface area contributed by atoms with Crippen LogP contribution in [0.15, 0.2) is 30.3 Å². The van der Waals surface area contributed by atoms with Gasteiger partial charge < -0.3 is 5.11 Å². The molecule has 2 rings (SSSR count). The Morgan fingerprint density at radius 3 is 2.94 bits per heavy atom. The highest BCUT2D eigenvalue weighted by molar-refractivity contribution is 7.99. The molecule has 3 nitrogen and oxygen atoms in total. The van der Waals surface area contributed by atoms with E-state index in [0.29, 0.717) is 12.3 Å². The Morgan fingerprint density at radius 2 is 2.22 bits per heavy atom. The number of rotatable bonds is 2. The summed E-state index contributed by atoms with van der Waals surface area (Å²) in [4.78, 5) is 13.0. The molecule has 1 heterocycles. The first-order valence-corrected chi connectivity index (χ1v) is 7.01. The fraction of sp³-hybridized carbons (Fsp3) is 0.357. The van der Waals surface area contributed by atoms with Crippen molar-refractivity contribution in [2.24, 2.45) is 0 Å². The normalized spacial score (nSPS) is 19.9. The second kappa shape index (κ2) is 6.48. The Balaban J connectivity index is 1.96. The van der Waals surface area contributed by atoms with Crippen LogP contribution >= 0.6 is 11.8 Å². The van der Waals surface area contributed by atoms with Crippen molar-refractivity contribution in [2.75, 3.05) is 24.6 Å². The van der Waals surface area contributed by atoms with Gasteiger partial charge in [-0.2, -0.15) is 11.8 Å². The fourth-order valence-corrected chi connectivity index (χ4v) is 2.93. The molecule has 18 heavy (non-hydrogen) atoms. The van der Waals surface area contributed by atoms with Crippen molar-refractivity contribution < 1.29 is 9.90 Å². The van der Waals surface area contributed by atoms with Crippen LogP contribution < -0.4 is 0 Å². The summed E-state index contributed by atoms with van der Waals surface area (Å²) in [6, 6.07) is 9.35. The van der Waals surface area contributed by atoms with Crippen molar-refractivity contribution in [3.8, 4) is 11.8 Å². The zero-order valence-corrected chi connectivity index (χ0v) is 10.8. The SMILES string of the molecule is O=C(O)C1CSCCN1CC#Cc1ccccc1. The van der Waals surface area contributed by atoms with Crippen molar-refractivity contribution in [1.29, 1.82) is 0 Å². The largest absolute Gasteiger partial charge is 0.480 e. The molecule has 0 amide bonds. The Bertz CT molecular complexity index is 464. The lowest BCUT2D eigenvalue weighted by Crippen LogP contribution is -2.47. The predicted molar refractivity (Wildman–Crippen MR) is 73.6 cm³/mol. The minimum Gasteiger partial charge on any atom is -0.480 e. The van der Waals surface area contributed by atoms with Crippen molar-refractivity contribution in [3.63, 3.8) is 0 Å². The molecule has 0 bridgehead atoms. The van der Waals surface area contributed by atoms with E-state index in [1.165, 1.54) is 0 Å². The molecule has 0 saturated carbocycles. The number of carbonyl (C=O) groups is 1. The average Bonchev–Trinajstić information content (AvgIpc) is 2.40. The Morgan fingerprint density at radius 1 is 1.44 bits per heavy atom. The molecule has 94 valence electrons. The molecule has 1 atom stereocenters. The number of carboxylic acids is 1. The number of aliphatic carboxylic acids is 1. The summed E-state index contributed by atoms with van der Waals surface area (Å²) in [7, 11) is 0. The van der Waals surface area contributed by atoms with Gasteiger partial charge in [-0.05, 0) is 12.1 Å². The Kier molecular flexibility index (Phi) is 4.68. The van der Waals surface area contributed by atoms with Gasteiger partial charge in [-0.15, -0.1) is 0 Å². The number of thioether (sulfide) groups is 1. The van der Waals surface area contributed by atoms with E-state index in [9.17, 15) is 4.79 Å². The van der Waals surface area contributed by atoms with Gasteiger partial charge in [0, 0.05) is 23.6 Å². The first-order chi connectivity index (χ1) is 8.77. The smallest absolute Gasteiger partial charge is 0.321 e. The lowest BCUT2D eigenvalue weighted by Gasteiger charge is -2.30. The zero-order valence-electron chi connectivity index (χ0n) is 10.0. The third-order valence-electron chi connectivity index (χ3n) is 2.81. The maximum Gasteiger partial charge on any atom is 0.321 e. The first kappa shape index (κ1) is 13.0. The molecule has 1 aliphatic heterocycles. The van der Waals surface area contributed by atoms with E-state index in [2.05, 4.69) is 11.8 Å². The summed E-state index contributed by atoms with van der Waals surface area (Å²) in [6.07, 6.45) is 0. The predicted octanol–water partition coefficient (Wildman–Crippen LogP) is 1.54. The van der Waals surface area contributed by atoms with E-state index in [4.69, 9.17) is 5.11 Å². The molecule has 0 aromatic heterocycles. The lowest BCUT2D eigenvalue weighted by atomic mass is 10.2.